The van der Waals surface area contributed by atoms with E-state index in [2.05, 4.69) is 6.92 Å². The first-order valence-electron chi connectivity index (χ1n) is 7.43. The largest absolute Gasteiger partial charge is 0.431 e. The lowest BCUT2D eigenvalue weighted by Crippen LogP contribution is -2.16. The molecule has 0 bridgehead atoms. The molecule has 100 valence electrons. The maximum atomic E-state index is 12.0. The van der Waals surface area contributed by atoms with Crippen LogP contribution < -0.4 is 5.63 Å². The molecule has 0 saturated heterocycles. The van der Waals surface area contributed by atoms with Gasteiger partial charge < -0.3 is 4.42 Å². The molecule has 1 aromatic rings. The van der Waals surface area contributed by atoms with Crippen molar-refractivity contribution in [3.8, 4) is 0 Å². The first-order chi connectivity index (χ1) is 8.83. The van der Waals surface area contributed by atoms with Gasteiger partial charge in [0.2, 0.25) is 0 Å². The van der Waals surface area contributed by atoms with Gasteiger partial charge in [-0.25, -0.2) is 4.79 Å². The van der Waals surface area contributed by atoms with Gasteiger partial charge in [0.15, 0.2) is 0 Å². The average molecular weight is 248 g/mol. The number of aryl methyl sites for hydroxylation is 1. The van der Waals surface area contributed by atoms with Crippen molar-refractivity contribution < 1.29 is 4.42 Å². The lowest BCUT2D eigenvalue weighted by atomic mass is 9.84. The van der Waals surface area contributed by atoms with Gasteiger partial charge in [-0.1, -0.05) is 45.4 Å². The highest BCUT2D eigenvalue weighted by atomic mass is 16.4. The van der Waals surface area contributed by atoms with Gasteiger partial charge in [-0.05, 0) is 36.8 Å². The van der Waals surface area contributed by atoms with Crippen LogP contribution in [0.25, 0.3) is 0 Å². The summed E-state index contributed by atoms with van der Waals surface area (Å²) in [6.07, 6.45) is 12.5. The first kappa shape index (κ1) is 13.4. The third kappa shape index (κ3) is 3.24. The average Bonchev–Trinajstić information content (AvgIpc) is 2.31. The van der Waals surface area contributed by atoms with Crippen molar-refractivity contribution in [1.82, 2.24) is 0 Å². The number of hydrogen-bond acceptors (Lipinski definition) is 2. The van der Waals surface area contributed by atoms with Crippen molar-refractivity contribution in [1.29, 1.82) is 0 Å². The predicted molar refractivity (Wildman–Crippen MR) is 74.0 cm³/mol. The smallest absolute Gasteiger partial charge is 0.339 e. The van der Waals surface area contributed by atoms with Crippen molar-refractivity contribution in [2.24, 2.45) is 0 Å². The van der Waals surface area contributed by atoms with Gasteiger partial charge in [-0.15, -0.1) is 0 Å². The highest BCUT2D eigenvalue weighted by Gasteiger charge is 2.20. The van der Waals surface area contributed by atoms with Crippen LogP contribution in [0.1, 0.15) is 75.3 Å². The van der Waals surface area contributed by atoms with E-state index in [9.17, 15) is 4.79 Å². The summed E-state index contributed by atoms with van der Waals surface area (Å²) in [5, 5.41) is 0. The molecule has 1 heterocycles. The fourth-order valence-corrected chi connectivity index (χ4v) is 3.12. The predicted octanol–water partition coefficient (Wildman–Crippen LogP) is 4.42. The van der Waals surface area contributed by atoms with E-state index in [1.165, 1.54) is 37.7 Å². The summed E-state index contributed by atoms with van der Waals surface area (Å²) in [4.78, 5) is 12.0. The Hall–Kier alpha value is -1.05. The van der Waals surface area contributed by atoms with Crippen molar-refractivity contribution in [3.63, 3.8) is 0 Å². The normalized spacial score (nSPS) is 18.3. The van der Waals surface area contributed by atoms with Crippen LogP contribution in [0.2, 0.25) is 0 Å². The summed E-state index contributed by atoms with van der Waals surface area (Å²) < 4.78 is 5.11. The second kappa shape index (κ2) is 6.77. The van der Waals surface area contributed by atoms with E-state index in [-0.39, 0.29) is 5.63 Å². The van der Waals surface area contributed by atoms with E-state index < -0.39 is 0 Å². The molecule has 1 saturated carbocycles. The molecule has 0 aliphatic heterocycles. The second-order valence-corrected chi connectivity index (χ2v) is 5.44. The van der Waals surface area contributed by atoms with Crippen LogP contribution in [0, 0.1) is 0 Å². The van der Waals surface area contributed by atoms with Crippen LogP contribution in [0.3, 0.4) is 0 Å². The molecule has 0 aromatic carbocycles. The fourth-order valence-electron chi connectivity index (χ4n) is 3.12. The highest BCUT2D eigenvalue weighted by molar-refractivity contribution is 5.26. The van der Waals surface area contributed by atoms with Crippen LogP contribution >= 0.6 is 0 Å². The highest BCUT2D eigenvalue weighted by Crippen LogP contribution is 2.31. The molecule has 0 unspecified atom stereocenters. The maximum Gasteiger partial charge on any atom is 0.339 e. The van der Waals surface area contributed by atoms with Gasteiger partial charge >= 0.3 is 5.63 Å². The molecule has 2 nitrogen and oxygen atoms in total. The maximum absolute atomic E-state index is 12.0. The molecule has 0 radical (unpaired) electrons. The Kier molecular flexibility index (Phi) is 5.03. The summed E-state index contributed by atoms with van der Waals surface area (Å²) in [6.45, 7) is 2.16. The van der Waals surface area contributed by atoms with E-state index in [1.54, 1.807) is 6.26 Å². The first-order valence-corrected chi connectivity index (χ1v) is 7.43. The topological polar surface area (TPSA) is 30.2 Å². The van der Waals surface area contributed by atoms with Crippen LogP contribution in [0.4, 0.5) is 0 Å². The quantitative estimate of drug-likeness (QED) is 0.792. The molecular formula is C16H24O2. The summed E-state index contributed by atoms with van der Waals surface area (Å²) in [7, 11) is 0. The monoisotopic (exact) mass is 248 g/mol. The van der Waals surface area contributed by atoms with Crippen LogP contribution in [-0.2, 0) is 6.42 Å². The summed E-state index contributed by atoms with van der Waals surface area (Å²) in [5.74, 6) is 0.435. The van der Waals surface area contributed by atoms with E-state index in [0.717, 1.165) is 31.2 Å². The van der Waals surface area contributed by atoms with Crippen molar-refractivity contribution >= 4 is 0 Å². The molecule has 1 aromatic heterocycles. The third-order valence-electron chi connectivity index (χ3n) is 4.04. The fraction of sp³-hybridized carbons (Fsp3) is 0.688. The van der Waals surface area contributed by atoms with Gasteiger partial charge in [0.1, 0.15) is 0 Å². The third-order valence-corrected chi connectivity index (χ3v) is 4.04. The summed E-state index contributed by atoms with van der Waals surface area (Å²) in [5.41, 5.74) is 2.12. The molecular weight excluding hydrogens is 224 g/mol. The molecule has 0 N–H and O–H groups in total. The van der Waals surface area contributed by atoms with Crippen LogP contribution in [-0.4, -0.2) is 0 Å². The van der Waals surface area contributed by atoms with Crippen LogP contribution in [0.5, 0.6) is 0 Å². The Balaban J connectivity index is 2.26. The zero-order valence-electron chi connectivity index (χ0n) is 11.4. The zero-order valence-corrected chi connectivity index (χ0v) is 11.4. The minimum Gasteiger partial charge on any atom is -0.431 e. The Labute approximate surface area is 109 Å². The van der Waals surface area contributed by atoms with Gasteiger partial charge in [-0.3, -0.25) is 0 Å². The Morgan fingerprint density at radius 2 is 1.83 bits per heavy atom. The van der Waals surface area contributed by atoms with Gasteiger partial charge in [0, 0.05) is 5.56 Å². The minimum absolute atomic E-state index is 0.0912. The summed E-state index contributed by atoms with van der Waals surface area (Å²) >= 11 is 0. The molecule has 0 spiro atoms. The van der Waals surface area contributed by atoms with Gasteiger partial charge in [0.25, 0.3) is 0 Å². The minimum atomic E-state index is -0.0912. The molecule has 0 amide bonds. The standard InChI is InChI=1S/C16H24O2/c1-2-8-13-11-12-18-16(17)15(13)14-9-6-4-3-5-7-10-14/h11-12,14H,2-10H2,1H3. The molecule has 1 aliphatic carbocycles. The summed E-state index contributed by atoms with van der Waals surface area (Å²) in [6, 6.07) is 2.00. The lowest BCUT2D eigenvalue weighted by Gasteiger charge is -2.21. The van der Waals surface area contributed by atoms with E-state index in [1.807, 2.05) is 6.07 Å². The van der Waals surface area contributed by atoms with Gasteiger partial charge in [0.05, 0.1) is 6.26 Å². The second-order valence-electron chi connectivity index (χ2n) is 5.44. The number of hydrogen-bond donors (Lipinski definition) is 0. The van der Waals surface area contributed by atoms with E-state index in [0.29, 0.717) is 5.92 Å². The van der Waals surface area contributed by atoms with Crippen molar-refractivity contribution in [2.75, 3.05) is 0 Å². The Bertz CT molecular complexity index is 411. The Morgan fingerprint density at radius 1 is 1.17 bits per heavy atom. The molecule has 1 aliphatic rings. The van der Waals surface area contributed by atoms with Crippen molar-refractivity contribution in [3.05, 3.63) is 33.9 Å². The molecule has 1 fully saturated rings. The van der Waals surface area contributed by atoms with Gasteiger partial charge in [-0.2, -0.15) is 0 Å². The van der Waals surface area contributed by atoms with E-state index in [4.69, 9.17) is 4.42 Å². The Morgan fingerprint density at radius 3 is 2.50 bits per heavy atom. The zero-order chi connectivity index (χ0) is 12.8. The molecule has 18 heavy (non-hydrogen) atoms. The lowest BCUT2D eigenvalue weighted by molar-refractivity contribution is 0.428. The molecule has 2 heteroatoms. The SMILES string of the molecule is CCCc1ccoc(=O)c1C1CCCCCCC1. The van der Waals surface area contributed by atoms with Crippen molar-refractivity contribution in [2.45, 2.75) is 70.6 Å². The molecule has 2 rings (SSSR count). The van der Waals surface area contributed by atoms with E-state index >= 15 is 0 Å². The number of rotatable bonds is 3. The molecule has 0 atom stereocenters. The van der Waals surface area contributed by atoms with Crippen LogP contribution in [0.15, 0.2) is 21.5 Å².